The molecular formula is C22H23FN2O9. The van der Waals surface area contributed by atoms with Crippen LogP contribution in [0, 0.1) is 5.82 Å². The van der Waals surface area contributed by atoms with Gasteiger partial charge in [-0.25, -0.2) is 23.6 Å². The van der Waals surface area contributed by atoms with Gasteiger partial charge in [-0.1, -0.05) is 12.1 Å². The first-order valence-corrected chi connectivity index (χ1v) is 9.61. The molecule has 0 spiro atoms. The molecule has 0 atom stereocenters. The first-order valence-electron chi connectivity index (χ1n) is 9.61. The zero-order valence-electron chi connectivity index (χ0n) is 18.3. The summed E-state index contributed by atoms with van der Waals surface area (Å²) in [5.74, 6) is -5.58. The fraction of sp³-hybridized carbons (Fsp3) is 0.227. The van der Waals surface area contributed by atoms with Crippen LogP contribution < -0.4 is 10.6 Å². The van der Waals surface area contributed by atoms with E-state index in [0.717, 1.165) is 5.56 Å². The molecule has 12 heteroatoms. The maximum Gasteiger partial charge on any atom is 0.414 e. The lowest BCUT2D eigenvalue weighted by atomic mass is 10.1. The van der Waals surface area contributed by atoms with Crippen molar-refractivity contribution in [2.24, 2.45) is 0 Å². The van der Waals surface area contributed by atoms with Gasteiger partial charge in [0.25, 0.3) is 0 Å². The average Bonchev–Trinajstić information content (AvgIpc) is 2.82. The van der Waals surface area contributed by atoms with Crippen molar-refractivity contribution in [1.29, 1.82) is 0 Å². The fourth-order valence-corrected chi connectivity index (χ4v) is 2.46. The molecule has 0 aliphatic carbocycles. The van der Waals surface area contributed by atoms with Gasteiger partial charge in [-0.2, -0.15) is 0 Å². The number of rotatable bonds is 8. The second kappa shape index (κ2) is 14.0. The van der Waals surface area contributed by atoms with Gasteiger partial charge in [-0.15, -0.1) is 0 Å². The molecule has 182 valence electrons. The molecule has 0 bridgehead atoms. The highest BCUT2D eigenvalue weighted by Gasteiger charge is 2.17. The average molecular weight is 478 g/mol. The maximum absolute atomic E-state index is 12.9. The summed E-state index contributed by atoms with van der Waals surface area (Å²) in [6, 6.07) is 10.3. The number of nitrogens with one attached hydrogen (secondary N) is 2. The zero-order valence-corrected chi connectivity index (χ0v) is 18.3. The second-order valence-electron chi connectivity index (χ2n) is 6.46. The lowest BCUT2D eigenvalue weighted by Crippen LogP contribution is -2.30. The van der Waals surface area contributed by atoms with Gasteiger partial charge < -0.3 is 30.3 Å². The zero-order chi connectivity index (χ0) is 25.7. The largest absolute Gasteiger partial charge is 0.473 e. The van der Waals surface area contributed by atoms with E-state index in [9.17, 15) is 18.8 Å². The van der Waals surface area contributed by atoms with Crippen molar-refractivity contribution in [3.63, 3.8) is 0 Å². The van der Waals surface area contributed by atoms with E-state index in [0.29, 0.717) is 13.0 Å². The third-order valence-corrected chi connectivity index (χ3v) is 4.09. The molecule has 0 radical (unpaired) electrons. The topological polar surface area (TPSA) is 168 Å². The molecule has 34 heavy (non-hydrogen) atoms. The number of carboxylic acid groups (broad SMARTS) is 2. The molecule has 0 saturated carbocycles. The molecule has 2 aromatic carbocycles. The summed E-state index contributed by atoms with van der Waals surface area (Å²) in [6.07, 6.45) is 0.624. The summed E-state index contributed by atoms with van der Waals surface area (Å²) >= 11 is 0. The fourth-order valence-electron chi connectivity index (χ4n) is 2.46. The Morgan fingerprint density at radius 2 is 1.47 bits per heavy atom. The molecule has 0 saturated heterocycles. The van der Waals surface area contributed by atoms with Crippen LogP contribution in [-0.2, 0) is 30.3 Å². The van der Waals surface area contributed by atoms with Crippen molar-refractivity contribution in [2.75, 3.05) is 32.6 Å². The molecule has 0 unspecified atom stereocenters. The van der Waals surface area contributed by atoms with Crippen LogP contribution in [0.15, 0.2) is 42.5 Å². The molecule has 2 rings (SSSR count). The van der Waals surface area contributed by atoms with Crippen molar-refractivity contribution in [2.45, 2.75) is 6.42 Å². The number of carbonyl (C=O) groups excluding carboxylic acids is 3. The quantitative estimate of drug-likeness (QED) is 0.247. The summed E-state index contributed by atoms with van der Waals surface area (Å²) in [5, 5.41) is 20.3. The second-order valence-corrected chi connectivity index (χ2v) is 6.46. The summed E-state index contributed by atoms with van der Waals surface area (Å²) in [7, 11) is 2.46. The van der Waals surface area contributed by atoms with Gasteiger partial charge >= 0.3 is 23.9 Å². The molecule has 0 heterocycles. The van der Waals surface area contributed by atoms with Gasteiger partial charge in [-0.3, -0.25) is 4.79 Å². The summed E-state index contributed by atoms with van der Waals surface area (Å²) in [6.45, 7) is 0.495. The highest BCUT2D eigenvalue weighted by molar-refractivity contribution is 6.27. The number of hydrogen-bond acceptors (Lipinski definition) is 8. The van der Waals surface area contributed by atoms with Gasteiger partial charge in [0.1, 0.15) is 5.82 Å². The Morgan fingerprint density at radius 1 is 0.882 bits per heavy atom. The number of ether oxygens (including phenoxy) is 2. The van der Waals surface area contributed by atoms with Gasteiger partial charge in [0.2, 0.25) is 5.91 Å². The number of carboxylic acids is 2. The van der Waals surface area contributed by atoms with Crippen molar-refractivity contribution in [3.8, 4) is 0 Å². The summed E-state index contributed by atoms with van der Waals surface area (Å²) in [4.78, 5) is 53.9. The predicted molar refractivity (Wildman–Crippen MR) is 116 cm³/mol. The van der Waals surface area contributed by atoms with E-state index in [-0.39, 0.29) is 29.2 Å². The molecular weight excluding hydrogens is 455 g/mol. The Kier molecular flexibility index (Phi) is 11.4. The highest BCUT2D eigenvalue weighted by atomic mass is 19.1. The lowest BCUT2D eigenvalue weighted by molar-refractivity contribution is -0.159. The molecule has 11 nitrogen and oxygen atoms in total. The number of hydrogen-bond donors (Lipinski definition) is 4. The summed E-state index contributed by atoms with van der Waals surface area (Å²) < 4.78 is 22.2. The standard InChI is InChI=1S/C20H21FN2O5.C2H2O4/c1-27-19(25)14-5-8-16(20(26)28-2)17(11-14)23-18(24)12-22-10-9-13-3-6-15(21)7-4-13;3-1(4)2(5)6/h3-8,11,22H,9-10,12H2,1-2H3,(H,23,24);(H,3,4)(H,5,6). The van der Waals surface area contributed by atoms with Crippen LogP contribution in [0.2, 0.25) is 0 Å². The van der Waals surface area contributed by atoms with Gasteiger partial charge in [0, 0.05) is 0 Å². The van der Waals surface area contributed by atoms with Crippen LogP contribution >= 0.6 is 0 Å². The van der Waals surface area contributed by atoms with Crippen molar-refractivity contribution in [3.05, 3.63) is 65.0 Å². The molecule has 2 aromatic rings. The van der Waals surface area contributed by atoms with E-state index in [4.69, 9.17) is 24.5 Å². The third-order valence-electron chi connectivity index (χ3n) is 4.09. The molecule has 0 fully saturated rings. The van der Waals surface area contributed by atoms with Crippen LogP contribution in [0.25, 0.3) is 0 Å². The number of aliphatic carboxylic acids is 2. The molecule has 0 aliphatic rings. The van der Waals surface area contributed by atoms with E-state index in [1.54, 1.807) is 12.1 Å². The Balaban J connectivity index is 0.000000852. The molecule has 0 aliphatic heterocycles. The number of benzene rings is 2. The predicted octanol–water partition coefficient (Wildman–Crippen LogP) is 1.33. The highest BCUT2D eigenvalue weighted by Crippen LogP contribution is 2.19. The third kappa shape index (κ3) is 9.44. The van der Waals surface area contributed by atoms with E-state index in [2.05, 4.69) is 15.4 Å². The number of halogens is 1. The van der Waals surface area contributed by atoms with Crippen LogP contribution in [-0.4, -0.2) is 67.3 Å². The van der Waals surface area contributed by atoms with Crippen molar-refractivity contribution >= 4 is 35.5 Å². The Hall–Kier alpha value is -4.32. The minimum atomic E-state index is -1.82. The first-order chi connectivity index (χ1) is 16.1. The number of amides is 1. The van der Waals surface area contributed by atoms with Crippen molar-refractivity contribution < 1.29 is 48.0 Å². The number of methoxy groups -OCH3 is 2. The number of anilines is 1. The molecule has 1 amide bonds. The Labute approximate surface area is 193 Å². The summed E-state index contributed by atoms with van der Waals surface area (Å²) in [5.41, 5.74) is 1.40. The maximum atomic E-state index is 12.9. The normalized spacial score (nSPS) is 9.74. The minimum Gasteiger partial charge on any atom is -0.473 e. The SMILES string of the molecule is COC(=O)c1ccc(C(=O)OC)c(NC(=O)CNCCc2ccc(F)cc2)c1.O=C(O)C(=O)O. The van der Waals surface area contributed by atoms with E-state index in [1.165, 1.54) is 44.6 Å². The minimum absolute atomic E-state index is 0.00966. The van der Waals surface area contributed by atoms with Crippen LogP contribution in [0.4, 0.5) is 10.1 Å². The first kappa shape index (κ1) is 27.7. The lowest BCUT2D eigenvalue weighted by Gasteiger charge is -2.12. The van der Waals surface area contributed by atoms with Gasteiger partial charge in [0.05, 0.1) is 37.6 Å². The van der Waals surface area contributed by atoms with Crippen LogP contribution in [0.3, 0.4) is 0 Å². The Bertz CT molecular complexity index is 1030. The monoisotopic (exact) mass is 478 g/mol. The van der Waals surface area contributed by atoms with E-state index >= 15 is 0 Å². The van der Waals surface area contributed by atoms with Crippen LogP contribution in [0.1, 0.15) is 26.3 Å². The van der Waals surface area contributed by atoms with Crippen LogP contribution in [0.5, 0.6) is 0 Å². The number of carbonyl (C=O) groups is 5. The molecule has 4 N–H and O–H groups in total. The van der Waals surface area contributed by atoms with Gasteiger partial charge in [0.15, 0.2) is 0 Å². The smallest absolute Gasteiger partial charge is 0.414 e. The van der Waals surface area contributed by atoms with E-state index < -0.39 is 29.8 Å². The Morgan fingerprint density at radius 3 is 2.00 bits per heavy atom. The van der Waals surface area contributed by atoms with Crippen molar-refractivity contribution in [1.82, 2.24) is 5.32 Å². The van der Waals surface area contributed by atoms with Gasteiger partial charge in [-0.05, 0) is 48.9 Å². The molecule has 0 aromatic heterocycles. The number of esters is 2. The van der Waals surface area contributed by atoms with E-state index in [1.807, 2.05) is 0 Å².